The van der Waals surface area contributed by atoms with Crippen LogP contribution in [0.15, 0.2) is 91.0 Å². The molecule has 1 saturated carbocycles. The summed E-state index contributed by atoms with van der Waals surface area (Å²) in [5.41, 5.74) is 7.76. The molecule has 1 aliphatic carbocycles. The van der Waals surface area contributed by atoms with E-state index in [9.17, 15) is 9.59 Å². The molecule has 0 amide bonds. The smallest absolute Gasteiger partial charge is 0.335 e. The first kappa shape index (κ1) is 36.7. The molecule has 0 bridgehead atoms. The zero-order chi connectivity index (χ0) is 34.3. The fourth-order valence-electron chi connectivity index (χ4n) is 6.39. The minimum Gasteiger partial charge on any atom is -0.494 e. The number of carbonyl (C=O) groups excluding carboxylic acids is 2. The summed E-state index contributed by atoms with van der Waals surface area (Å²) in [6.07, 6.45) is 10.8. The maximum absolute atomic E-state index is 11.9. The molecule has 3 aromatic rings. The molecular weight excluding hydrogens is 600 g/mol. The summed E-state index contributed by atoms with van der Waals surface area (Å²) in [6, 6.07) is 23.9. The number of carbonyl (C=O) groups is 2. The van der Waals surface area contributed by atoms with Gasteiger partial charge in [-0.1, -0.05) is 81.5 Å². The summed E-state index contributed by atoms with van der Waals surface area (Å²) < 4.78 is 16.4. The van der Waals surface area contributed by atoms with Gasteiger partial charge in [-0.2, -0.15) is 0 Å². The van der Waals surface area contributed by atoms with Crippen LogP contribution in [0.3, 0.4) is 0 Å². The van der Waals surface area contributed by atoms with E-state index in [0.717, 1.165) is 42.1 Å². The summed E-state index contributed by atoms with van der Waals surface area (Å²) in [5, 5.41) is 8.94. The van der Waals surface area contributed by atoms with E-state index < -0.39 is 12.6 Å². The van der Waals surface area contributed by atoms with Crippen LogP contribution in [-0.2, 0) is 25.5 Å². The largest absolute Gasteiger partial charge is 0.494 e. The lowest BCUT2D eigenvalue weighted by molar-refractivity contribution is -0.140. The first-order chi connectivity index (χ1) is 23.3. The molecule has 256 valence electrons. The predicted molar refractivity (Wildman–Crippen MR) is 193 cm³/mol. The van der Waals surface area contributed by atoms with Crippen LogP contribution >= 0.6 is 0 Å². The van der Waals surface area contributed by atoms with Gasteiger partial charge in [0.15, 0.2) is 0 Å². The van der Waals surface area contributed by atoms with Gasteiger partial charge in [-0.05, 0) is 122 Å². The number of ether oxygens (including phenoxy) is 3. The normalized spacial score (nSPS) is 15.8. The topological polar surface area (TPSA) is 82.1 Å². The van der Waals surface area contributed by atoms with E-state index in [1.54, 1.807) is 6.92 Å². The van der Waals surface area contributed by atoms with Gasteiger partial charge in [-0.25, -0.2) is 9.59 Å². The number of unbranched alkanes of at least 4 members (excludes halogenated alkanes) is 1. The second-order valence-electron chi connectivity index (χ2n) is 13.0. The minimum absolute atomic E-state index is 0.0580. The second-order valence-corrected chi connectivity index (χ2v) is 13.0. The number of hydrogen-bond donors (Lipinski definition) is 1. The van der Waals surface area contributed by atoms with Crippen molar-refractivity contribution in [3.63, 3.8) is 0 Å². The molecule has 48 heavy (non-hydrogen) atoms. The number of rotatable bonds is 18. The zero-order valence-corrected chi connectivity index (χ0v) is 28.8. The lowest BCUT2D eigenvalue weighted by Crippen LogP contribution is -2.13. The predicted octanol–water partition coefficient (Wildman–Crippen LogP) is 9.40. The van der Waals surface area contributed by atoms with Gasteiger partial charge in [-0.15, -0.1) is 0 Å². The van der Waals surface area contributed by atoms with E-state index in [1.165, 1.54) is 60.8 Å². The van der Waals surface area contributed by atoms with Gasteiger partial charge in [0, 0.05) is 5.57 Å². The lowest BCUT2D eigenvalue weighted by atomic mass is 9.77. The number of esters is 2. The molecule has 3 aromatic carbocycles. The highest BCUT2D eigenvalue weighted by Crippen LogP contribution is 2.39. The van der Waals surface area contributed by atoms with E-state index in [4.69, 9.17) is 19.3 Å². The van der Waals surface area contributed by atoms with Crippen molar-refractivity contribution >= 4 is 11.9 Å². The van der Waals surface area contributed by atoms with Crippen LogP contribution in [0.4, 0.5) is 0 Å². The highest BCUT2D eigenvalue weighted by molar-refractivity contribution is 5.88. The Morgan fingerprint density at radius 3 is 2.06 bits per heavy atom. The summed E-state index contributed by atoms with van der Waals surface area (Å²) in [7, 11) is 0. The number of aliphatic hydroxyl groups excluding tert-OH is 1. The number of hydrogen-bond acceptors (Lipinski definition) is 6. The number of benzene rings is 3. The summed E-state index contributed by atoms with van der Waals surface area (Å²) in [6.45, 7) is 11.8. The van der Waals surface area contributed by atoms with Crippen LogP contribution in [-0.4, -0.2) is 43.5 Å². The van der Waals surface area contributed by atoms with Gasteiger partial charge in [0.05, 0.1) is 32.0 Å². The molecular formula is C42H52O6. The van der Waals surface area contributed by atoms with Gasteiger partial charge >= 0.3 is 11.9 Å². The van der Waals surface area contributed by atoms with Gasteiger partial charge in [0.25, 0.3) is 0 Å². The van der Waals surface area contributed by atoms with Crippen molar-refractivity contribution in [2.45, 2.75) is 84.0 Å². The van der Waals surface area contributed by atoms with Crippen LogP contribution < -0.4 is 4.74 Å². The van der Waals surface area contributed by atoms with Crippen molar-refractivity contribution < 1.29 is 28.9 Å². The Morgan fingerprint density at radius 1 is 0.771 bits per heavy atom. The summed E-state index contributed by atoms with van der Waals surface area (Å²) >= 11 is 0. The summed E-state index contributed by atoms with van der Waals surface area (Å²) in [4.78, 5) is 23.4. The van der Waals surface area contributed by atoms with E-state index in [2.05, 4.69) is 74.7 Å². The van der Waals surface area contributed by atoms with Crippen molar-refractivity contribution in [3.8, 4) is 28.0 Å². The maximum atomic E-state index is 11.9. The van der Waals surface area contributed by atoms with Gasteiger partial charge < -0.3 is 19.3 Å². The Morgan fingerprint density at radius 2 is 1.40 bits per heavy atom. The fourth-order valence-corrected chi connectivity index (χ4v) is 6.39. The third-order valence-corrected chi connectivity index (χ3v) is 9.23. The van der Waals surface area contributed by atoms with Crippen molar-refractivity contribution in [2.24, 2.45) is 5.92 Å². The first-order valence-electron chi connectivity index (χ1n) is 17.5. The molecule has 0 radical (unpaired) electrons. The first-order valence-corrected chi connectivity index (χ1v) is 17.5. The van der Waals surface area contributed by atoms with E-state index in [-0.39, 0.29) is 18.1 Å². The molecule has 6 nitrogen and oxygen atoms in total. The van der Waals surface area contributed by atoms with E-state index in [1.807, 2.05) is 12.1 Å². The molecule has 0 aromatic heterocycles. The van der Waals surface area contributed by atoms with Crippen molar-refractivity contribution in [2.75, 3.05) is 26.4 Å². The third kappa shape index (κ3) is 10.9. The average Bonchev–Trinajstić information content (AvgIpc) is 3.11. The Hall–Kier alpha value is -4.16. The van der Waals surface area contributed by atoms with Crippen LogP contribution in [0.25, 0.3) is 22.3 Å². The monoisotopic (exact) mass is 652 g/mol. The van der Waals surface area contributed by atoms with Crippen molar-refractivity contribution in [1.82, 2.24) is 0 Å². The van der Waals surface area contributed by atoms with Crippen LogP contribution in [0.2, 0.25) is 0 Å². The third-order valence-electron chi connectivity index (χ3n) is 9.23. The molecule has 1 aliphatic rings. The van der Waals surface area contributed by atoms with E-state index >= 15 is 0 Å². The quantitative estimate of drug-likeness (QED) is 0.0838. The SMILES string of the molecule is C=C(C)C(=O)OCCCc1ccc(-c2ccc(OCCCCOC(=O)C(=C)CO)cc2)cc1-c1ccc(C2CCC(CCC)CC2)cc1. The zero-order valence-electron chi connectivity index (χ0n) is 28.8. The Balaban J connectivity index is 1.41. The highest BCUT2D eigenvalue weighted by atomic mass is 16.5. The minimum atomic E-state index is -0.564. The highest BCUT2D eigenvalue weighted by Gasteiger charge is 2.22. The van der Waals surface area contributed by atoms with Gasteiger partial charge in [0.2, 0.25) is 0 Å². The molecule has 1 fully saturated rings. The Bertz CT molecular complexity index is 1500. The molecule has 6 heteroatoms. The lowest BCUT2D eigenvalue weighted by Gasteiger charge is -2.28. The van der Waals surface area contributed by atoms with Crippen molar-refractivity contribution in [3.05, 3.63) is 102 Å². The molecule has 0 unspecified atom stereocenters. The summed E-state index contributed by atoms with van der Waals surface area (Å²) in [5.74, 6) is 1.42. The van der Waals surface area contributed by atoms with Crippen LogP contribution in [0, 0.1) is 5.92 Å². The standard InChI is InChI=1S/C42H52O6/c1-5-9-32-11-13-33(14-12-32)34-15-17-37(18-16-34)40-28-38(20-19-36(40)10-8-27-47-41(44)30(2)3)35-21-23-39(24-22-35)46-25-6-7-26-48-42(45)31(4)29-43/h15-24,28,32-33,43H,2,4-14,25-27,29H2,1,3H3. The number of aryl methyl sites for hydroxylation is 1. The maximum Gasteiger partial charge on any atom is 0.335 e. The van der Waals surface area contributed by atoms with Gasteiger partial charge in [0.1, 0.15) is 5.75 Å². The van der Waals surface area contributed by atoms with Crippen LogP contribution in [0.1, 0.15) is 88.7 Å². The Kier molecular flexibility index (Phi) is 14.5. The fraction of sp³-hybridized carbons (Fsp3) is 0.429. The van der Waals surface area contributed by atoms with Gasteiger partial charge in [-0.3, -0.25) is 0 Å². The van der Waals surface area contributed by atoms with Crippen LogP contribution in [0.5, 0.6) is 5.75 Å². The number of aliphatic hydroxyl groups is 1. The molecule has 0 spiro atoms. The average molecular weight is 653 g/mol. The van der Waals surface area contributed by atoms with E-state index in [0.29, 0.717) is 31.1 Å². The second kappa shape index (κ2) is 19.0. The molecule has 1 N–H and O–H groups in total. The molecule has 0 aliphatic heterocycles. The Labute approximate surface area is 286 Å². The molecule has 0 heterocycles. The molecule has 4 rings (SSSR count). The molecule has 0 atom stereocenters. The van der Waals surface area contributed by atoms with Crippen molar-refractivity contribution in [1.29, 1.82) is 0 Å². The molecule has 0 saturated heterocycles.